The van der Waals surface area contributed by atoms with E-state index in [-0.39, 0.29) is 24.4 Å². The molecule has 2 fully saturated rings. The largest absolute Gasteiger partial charge is 0.352 e. The molecular weight excluding hydrogens is 397 g/mol. The Kier molecular flexibility index (Phi) is 7.23. The number of rotatable bonds is 6. The highest BCUT2D eigenvalue weighted by Gasteiger charge is 2.30. The molecule has 1 aromatic rings. The van der Waals surface area contributed by atoms with Gasteiger partial charge in [-0.3, -0.25) is 9.59 Å². The van der Waals surface area contributed by atoms with Gasteiger partial charge in [-0.25, -0.2) is 12.8 Å². The van der Waals surface area contributed by atoms with E-state index in [1.165, 1.54) is 10.4 Å². The van der Waals surface area contributed by atoms with Crippen molar-refractivity contribution in [2.75, 3.05) is 32.7 Å². The minimum Gasteiger partial charge on any atom is -0.352 e. The van der Waals surface area contributed by atoms with Crippen LogP contribution in [0.3, 0.4) is 0 Å². The molecule has 1 aromatic carbocycles. The van der Waals surface area contributed by atoms with Crippen LogP contribution in [0.4, 0.5) is 4.39 Å². The van der Waals surface area contributed by atoms with E-state index >= 15 is 0 Å². The Morgan fingerprint density at radius 2 is 1.59 bits per heavy atom. The molecule has 2 amide bonds. The maximum Gasteiger partial charge on any atom is 0.251 e. The fourth-order valence-electron chi connectivity index (χ4n) is 3.77. The van der Waals surface area contributed by atoms with Crippen LogP contribution in [0.25, 0.3) is 0 Å². The second-order valence-electron chi connectivity index (χ2n) is 7.56. The van der Waals surface area contributed by atoms with Gasteiger partial charge < -0.3 is 10.2 Å². The Labute approximate surface area is 171 Å². The number of benzene rings is 1. The Balaban J connectivity index is 1.60. The van der Waals surface area contributed by atoms with Crippen LogP contribution >= 0.6 is 0 Å². The van der Waals surface area contributed by atoms with E-state index in [9.17, 15) is 22.4 Å². The van der Waals surface area contributed by atoms with E-state index in [2.05, 4.69) is 5.32 Å². The number of likely N-dealkylation sites (tertiary alicyclic amines) is 1. The Morgan fingerprint density at radius 1 is 0.966 bits per heavy atom. The molecule has 0 bridgehead atoms. The van der Waals surface area contributed by atoms with Crippen molar-refractivity contribution in [3.8, 4) is 0 Å². The van der Waals surface area contributed by atoms with Crippen LogP contribution in [0.15, 0.2) is 23.1 Å². The highest BCUT2D eigenvalue weighted by atomic mass is 32.2. The normalized spacial score (nSPS) is 18.4. The zero-order valence-corrected chi connectivity index (χ0v) is 17.3. The summed E-state index contributed by atoms with van der Waals surface area (Å²) in [5.74, 6) is -1.39. The number of sulfonamides is 1. The zero-order valence-electron chi connectivity index (χ0n) is 16.5. The molecule has 2 aliphatic heterocycles. The SMILES string of the molecule is O=C(NCCC(=O)N1CCCCCC1)c1ccc(F)c(S(=O)(=O)N2CCCC2)c1. The van der Waals surface area contributed by atoms with Gasteiger partial charge in [0, 0.05) is 44.7 Å². The summed E-state index contributed by atoms with van der Waals surface area (Å²) in [6.07, 6.45) is 5.94. The van der Waals surface area contributed by atoms with Crippen LogP contribution in [0.1, 0.15) is 55.3 Å². The van der Waals surface area contributed by atoms with Crippen molar-refractivity contribution < 1.29 is 22.4 Å². The lowest BCUT2D eigenvalue weighted by Crippen LogP contribution is -2.35. The third-order valence-corrected chi connectivity index (χ3v) is 7.37. The molecule has 2 saturated heterocycles. The number of hydrogen-bond acceptors (Lipinski definition) is 4. The fourth-order valence-corrected chi connectivity index (χ4v) is 5.38. The molecule has 0 spiro atoms. The minimum atomic E-state index is -3.96. The molecule has 0 aromatic heterocycles. The molecular formula is C20H28FN3O4S. The molecule has 29 heavy (non-hydrogen) atoms. The number of carbonyl (C=O) groups is 2. The summed E-state index contributed by atoms with van der Waals surface area (Å²) in [4.78, 5) is 26.0. The third-order valence-electron chi connectivity index (χ3n) is 5.46. The van der Waals surface area contributed by atoms with Crippen LogP contribution in [0.2, 0.25) is 0 Å². The van der Waals surface area contributed by atoms with E-state index in [1.54, 1.807) is 0 Å². The number of carbonyl (C=O) groups excluding carboxylic acids is 2. The van der Waals surface area contributed by atoms with Gasteiger partial charge in [-0.1, -0.05) is 12.8 Å². The van der Waals surface area contributed by atoms with Crippen molar-refractivity contribution in [3.63, 3.8) is 0 Å². The van der Waals surface area contributed by atoms with Gasteiger partial charge in [0.1, 0.15) is 10.7 Å². The molecule has 0 saturated carbocycles. The summed E-state index contributed by atoms with van der Waals surface area (Å²) < 4.78 is 40.7. The summed E-state index contributed by atoms with van der Waals surface area (Å²) in [7, 11) is -3.96. The average molecular weight is 426 g/mol. The quantitative estimate of drug-likeness (QED) is 0.757. The van der Waals surface area contributed by atoms with Crippen LogP contribution in [0.5, 0.6) is 0 Å². The van der Waals surface area contributed by atoms with Gasteiger partial charge in [-0.05, 0) is 43.9 Å². The first-order valence-electron chi connectivity index (χ1n) is 10.3. The number of nitrogens with zero attached hydrogens (tertiary/aromatic N) is 2. The molecule has 0 atom stereocenters. The highest BCUT2D eigenvalue weighted by molar-refractivity contribution is 7.89. The van der Waals surface area contributed by atoms with Gasteiger partial charge in [0.05, 0.1) is 0 Å². The summed E-state index contributed by atoms with van der Waals surface area (Å²) >= 11 is 0. The second kappa shape index (κ2) is 9.67. The third kappa shape index (κ3) is 5.33. The predicted molar refractivity (Wildman–Crippen MR) is 106 cm³/mol. The molecule has 0 unspecified atom stereocenters. The standard InChI is InChI=1S/C20H28FN3O4S/c21-17-8-7-16(15-18(17)29(27,28)24-13-5-6-14-24)20(26)22-10-9-19(25)23-11-3-1-2-4-12-23/h7-8,15H,1-6,9-14H2,(H,22,26). The van der Waals surface area contributed by atoms with E-state index in [1.807, 2.05) is 4.90 Å². The summed E-state index contributed by atoms with van der Waals surface area (Å²) in [5.41, 5.74) is 0.0615. The van der Waals surface area contributed by atoms with E-state index in [4.69, 9.17) is 0 Å². The van der Waals surface area contributed by atoms with Gasteiger partial charge >= 0.3 is 0 Å². The molecule has 9 heteroatoms. The topological polar surface area (TPSA) is 86.8 Å². The fraction of sp³-hybridized carbons (Fsp3) is 0.600. The first-order chi connectivity index (χ1) is 13.9. The lowest BCUT2D eigenvalue weighted by Gasteiger charge is -2.20. The first-order valence-corrected chi connectivity index (χ1v) is 11.7. The number of nitrogens with one attached hydrogen (secondary N) is 1. The van der Waals surface area contributed by atoms with Gasteiger partial charge in [0.15, 0.2) is 0 Å². The highest BCUT2D eigenvalue weighted by Crippen LogP contribution is 2.24. The smallest absolute Gasteiger partial charge is 0.251 e. The average Bonchev–Trinajstić information content (AvgIpc) is 3.12. The lowest BCUT2D eigenvalue weighted by atomic mass is 10.2. The monoisotopic (exact) mass is 425 g/mol. The van der Waals surface area contributed by atoms with E-state index < -0.39 is 26.6 Å². The molecule has 1 N–H and O–H groups in total. The number of hydrogen-bond donors (Lipinski definition) is 1. The Morgan fingerprint density at radius 3 is 2.24 bits per heavy atom. The summed E-state index contributed by atoms with van der Waals surface area (Å²) in [5, 5.41) is 2.63. The van der Waals surface area contributed by atoms with Gasteiger partial charge in [-0.15, -0.1) is 0 Å². The first kappa shape index (κ1) is 21.7. The van der Waals surface area contributed by atoms with Gasteiger partial charge in [0.25, 0.3) is 5.91 Å². The second-order valence-corrected chi connectivity index (χ2v) is 9.46. The van der Waals surface area contributed by atoms with Crippen molar-refractivity contribution in [1.82, 2.24) is 14.5 Å². The Hall–Kier alpha value is -2.00. The lowest BCUT2D eigenvalue weighted by molar-refractivity contribution is -0.131. The van der Waals surface area contributed by atoms with Gasteiger partial charge in [0.2, 0.25) is 15.9 Å². The van der Waals surface area contributed by atoms with Gasteiger partial charge in [-0.2, -0.15) is 4.31 Å². The van der Waals surface area contributed by atoms with E-state index in [0.29, 0.717) is 13.1 Å². The summed E-state index contributed by atoms with van der Waals surface area (Å²) in [6.45, 7) is 2.37. The molecule has 2 heterocycles. The molecule has 160 valence electrons. The van der Waals surface area contributed by atoms with Crippen LogP contribution in [0, 0.1) is 5.82 Å². The van der Waals surface area contributed by atoms with Crippen molar-refractivity contribution in [2.45, 2.75) is 49.8 Å². The maximum absolute atomic E-state index is 14.2. The molecule has 2 aliphatic rings. The Bertz CT molecular complexity index is 845. The number of halogens is 1. The summed E-state index contributed by atoms with van der Waals surface area (Å²) in [6, 6.07) is 3.33. The molecule has 0 radical (unpaired) electrons. The van der Waals surface area contributed by atoms with Crippen molar-refractivity contribution in [1.29, 1.82) is 0 Å². The molecule has 7 nitrogen and oxygen atoms in total. The van der Waals surface area contributed by atoms with Crippen molar-refractivity contribution in [2.24, 2.45) is 0 Å². The molecule has 3 rings (SSSR count). The minimum absolute atomic E-state index is 0.00334. The van der Waals surface area contributed by atoms with Crippen LogP contribution in [-0.4, -0.2) is 62.2 Å². The zero-order chi connectivity index (χ0) is 20.9. The molecule has 0 aliphatic carbocycles. The predicted octanol–water partition coefficient (Wildman–Crippen LogP) is 2.13. The number of amides is 2. The van der Waals surface area contributed by atoms with E-state index in [0.717, 1.165) is 63.7 Å². The van der Waals surface area contributed by atoms with Crippen LogP contribution in [-0.2, 0) is 14.8 Å². The van der Waals surface area contributed by atoms with Crippen LogP contribution < -0.4 is 5.32 Å². The van der Waals surface area contributed by atoms with Crippen molar-refractivity contribution in [3.05, 3.63) is 29.6 Å². The van der Waals surface area contributed by atoms with Crippen molar-refractivity contribution >= 4 is 21.8 Å². The maximum atomic E-state index is 14.2.